The number of aryl methyl sites for hydroxylation is 2. The fourth-order valence-corrected chi connectivity index (χ4v) is 6.21. The quantitative estimate of drug-likeness (QED) is 0.164. The third kappa shape index (κ3) is 4.16. The van der Waals surface area contributed by atoms with Crippen molar-refractivity contribution >= 4 is 5.69 Å². The number of rotatable bonds is 6. The molecule has 4 aromatic carbocycles. The van der Waals surface area contributed by atoms with Crippen molar-refractivity contribution in [2.24, 2.45) is 0 Å². The molecule has 0 bridgehead atoms. The highest BCUT2D eigenvalue weighted by atomic mass is 17.2. The van der Waals surface area contributed by atoms with E-state index in [1.54, 1.807) is 12.1 Å². The minimum Gasteiger partial charge on any atom is -0.337 e. The first kappa shape index (κ1) is 23.0. The van der Waals surface area contributed by atoms with Crippen molar-refractivity contribution in [2.45, 2.75) is 44.1 Å². The van der Waals surface area contributed by atoms with Crippen LogP contribution in [-0.2, 0) is 36.2 Å². The van der Waals surface area contributed by atoms with E-state index < -0.39 is 0 Å². The number of nitriles is 1. The highest BCUT2D eigenvalue weighted by molar-refractivity contribution is 5.61. The number of fused-ring (bicyclic) bond motifs is 4. The summed E-state index contributed by atoms with van der Waals surface area (Å²) in [7, 11) is 0. The topological polar surface area (TPSA) is 46.6 Å². The van der Waals surface area contributed by atoms with Crippen molar-refractivity contribution in [1.29, 1.82) is 5.26 Å². The fourth-order valence-electron chi connectivity index (χ4n) is 6.21. The zero-order chi connectivity index (χ0) is 25.2. The van der Waals surface area contributed by atoms with Gasteiger partial charge >= 0.3 is 0 Å². The molecule has 1 spiro atoms. The van der Waals surface area contributed by atoms with Crippen LogP contribution in [0.1, 0.15) is 57.3 Å². The summed E-state index contributed by atoms with van der Waals surface area (Å²) in [6, 6.07) is 30.5. The van der Waals surface area contributed by atoms with Crippen LogP contribution in [-0.4, -0.2) is 0 Å². The number of hydrogen-bond acceptors (Lipinski definition) is 3. The van der Waals surface area contributed by atoms with Crippen molar-refractivity contribution in [3.63, 3.8) is 0 Å². The molecule has 2 aliphatic rings. The van der Waals surface area contributed by atoms with E-state index >= 15 is 0 Å². The van der Waals surface area contributed by atoms with E-state index in [0.717, 1.165) is 43.4 Å². The number of benzene rings is 4. The predicted molar refractivity (Wildman–Crippen MR) is 142 cm³/mol. The molecule has 0 amide bonds. The molecule has 0 aliphatic heterocycles. The molecule has 2 aliphatic carbocycles. The summed E-state index contributed by atoms with van der Waals surface area (Å²) < 4.78 is 0. The van der Waals surface area contributed by atoms with E-state index in [2.05, 4.69) is 53.4 Å². The van der Waals surface area contributed by atoms with Gasteiger partial charge in [-0.2, -0.15) is 10.1 Å². The molecule has 0 aromatic heterocycles. The summed E-state index contributed by atoms with van der Waals surface area (Å²) in [5.74, 6) is 0.799. The number of nitrogens with zero attached hydrogens (tertiary/aromatic N) is 2. The highest BCUT2D eigenvalue weighted by Gasteiger charge is 2.47. The third-order valence-electron chi connectivity index (χ3n) is 7.87. The minimum absolute atomic E-state index is 0.0773. The first-order valence-electron chi connectivity index (χ1n) is 12.7. The van der Waals surface area contributed by atoms with Crippen molar-refractivity contribution < 1.29 is 9.78 Å². The van der Waals surface area contributed by atoms with Crippen LogP contribution in [0.25, 0.3) is 4.85 Å². The van der Waals surface area contributed by atoms with Crippen molar-refractivity contribution in [2.75, 3.05) is 0 Å². The average Bonchev–Trinajstić information content (AvgIpc) is 3.52. The van der Waals surface area contributed by atoms with Gasteiger partial charge in [0, 0.05) is 11.0 Å². The summed E-state index contributed by atoms with van der Waals surface area (Å²) in [5, 5.41) is 9.02. The Kier molecular flexibility index (Phi) is 5.97. The van der Waals surface area contributed by atoms with Gasteiger partial charge in [0.25, 0.3) is 0 Å². The summed E-state index contributed by atoms with van der Waals surface area (Å²) in [6.45, 7) is 7.55. The zero-order valence-electron chi connectivity index (χ0n) is 20.5. The van der Waals surface area contributed by atoms with Crippen LogP contribution in [0.5, 0.6) is 5.75 Å². The Morgan fingerprint density at radius 2 is 1.49 bits per heavy atom. The number of hydrogen-bond donors (Lipinski definition) is 0. The van der Waals surface area contributed by atoms with Crippen LogP contribution < -0.4 is 4.89 Å². The van der Waals surface area contributed by atoms with Crippen LogP contribution in [0.3, 0.4) is 0 Å². The molecule has 0 saturated carbocycles. The molecule has 0 fully saturated rings. The molecule has 0 N–H and O–H groups in total. The molecule has 4 heteroatoms. The standard InChI is InChI=1S/C33H26N2O2/c1-35-29-14-12-23(13-15-29)20-28-6-2-4-26-16-18-33(31(26)28)19-17-27-5-3-7-30(32(27)33)37-36-22-25-10-8-24(21-34)9-11-25/h2-15H,16-20,22H2. The SMILES string of the molecule is [C-]#[N+]c1ccc(Cc2cccc3c2C2(CC3)CCc3cccc(OOCc4ccc(C#N)cc4)c32)cc1. The summed E-state index contributed by atoms with van der Waals surface area (Å²) in [4.78, 5) is 15.3. The second-order valence-corrected chi connectivity index (χ2v) is 9.93. The monoisotopic (exact) mass is 482 g/mol. The maximum absolute atomic E-state index is 9.02. The van der Waals surface area contributed by atoms with Crippen molar-refractivity contribution in [3.05, 3.63) is 141 Å². The summed E-state index contributed by atoms with van der Waals surface area (Å²) in [5.41, 5.74) is 10.2. The molecule has 180 valence electrons. The zero-order valence-corrected chi connectivity index (χ0v) is 20.5. The molecule has 0 saturated heterocycles. The van der Waals surface area contributed by atoms with Gasteiger partial charge in [-0.25, -0.2) is 4.85 Å². The highest BCUT2D eigenvalue weighted by Crippen LogP contribution is 2.56. The maximum atomic E-state index is 9.02. The Balaban J connectivity index is 1.31. The smallest absolute Gasteiger partial charge is 0.187 e. The average molecular weight is 483 g/mol. The van der Waals surface area contributed by atoms with Gasteiger partial charge in [0.05, 0.1) is 18.2 Å². The van der Waals surface area contributed by atoms with Crippen molar-refractivity contribution in [1.82, 2.24) is 0 Å². The predicted octanol–water partition coefficient (Wildman–Crippen LogP) is 7.39. The van der Waals surface area contributed by atoms with Gasteiger partial charge in [-0.3, -0.25) is 0 Å². The van der Waals surface area contributed by atoms with Gasteiger partial charge in [0.15, 0.2) is 11.4 Å². The Labute approximate surface area is 217 Å². The van der Waals surface area contributed by atoms with E-state index in [4.69, 9.17) is 21.6 Å². The van der Waals surface area contributed by atoms with E-state index in [0.29, 0.717) is 17.9 Å². The molecule has 0 radical (unpaired) electrons. The Hall–Kier alpha value is -4.38. The lowest BCUT2D eigenvalue weighted by molar-refractivity contribution is -0.218. The van der Waals surface area contributed by atoms with E-state index in [1.807, 2.05) is 30.3 Å². The lowest BCUT2D eigenvalue weighted by atomic mass is 9.74. The van der Waals surface area contributed by atoms with Gasteiger partial charge in [-0.05, 0) is 83.7 Å². The first-order chi connectivity index (χ1) is 18.2. The Morgan fingerprint density at radius 1 is 0.811 bits per heavy atom. The lowest BCUT2D eigenvalue weighted by Gasteiger charge is -2.30. The van der Waals surface area contributed by atoms with Gasteiger partial charge in [-0.15, -0.1) is 0 Å². The van der Waals surface area contributed by atoms with Gasteiger partial charge in [0.2, 0.25) is 0 Å². The lowest BCUT2D eigenvalue weighted by Crippen LogP contribution is -2.24. The first-order valence-corrected chi connectivity index (χ1v) is 12.7. The summed E-state index contributed by atoms with van der Waals surface area (Å²) >= 11 is 0. The molecule has 4 nitrogen and oxygen atoms in total. The van der Waals surface area contributed by atoms with E-state index in [9.17, 15) is 0 Å². The Bertz CT molecular complexity index is 1540. The van der Waals surface area contributed by atoms with Gasteiger partial charge < -0.3 is 4.89 Å². The normalized spacial score (nSPS) is 17.1. The summed E-state index contributed by atoms with van der Waals surface area (Å²) in [6.07, 6.45) is 5.06. The molecule has 0 heterocycles. The second-order valence-electron chi connectivity index (χ2n) is 9.93. The molecule has 1 atom stereocenters. The fraction of sp³-hybridized carbons (Fsp3) is 0.212. The van der Waals surface area contributed by atoms with Crippen LogP contribution in [0.2, 0.25) is 0 Å². The molecular weight excluding hydrogens is 456 g/mol. The second kappa shape index (κ2) is 9.58. The molecule has 6 rings (SSSR count). The third-order valence-corrected chi connectivity index (χ3v) is 7.87. The molecule has 1 unspecified atom stereocenters. The maximum Gasteiger partial charge on any atom is 0.187 e. The van der Waals surface area contributed by atoms with Crippen LogP contribution in [0, 0.1) is 17.9 Å². The van der Waals surface area contributed by atoms with Crippen LogP contribution >= 0.6 is 0 Å². The molecule has 37 heavy (non-hydrogen) atoms. The van der Waals surface area contributed by atoms with E-state index in [1.165, 1.54) is 33.4 Å². The molecular formula is C33H26N2O2. The van der Waals surface area contributed by atoms with Crippen LogP contribution in [0.4, 0.5) is 5.69 Å². The van der Waals surface area contributed by atoms with E-state index in [-0.39, 0.29) is 5.41 Å². The largest absolute Gasteiger partial charge is 0.337 e. The van der Waals surface area contributed by atoms with Gasteiger partial charge in [-0.1, -0.05) is 66.7 Å². The van der Waals surface area contributed by atoms with Gasteiger partial charge in [0.1, 0.15) is 6.61 Å². The van der Waals surface area contributed by atoms with Crippen molar-refractivity contribution in [3.8, 4) is 11.8 Å². The van der Waals surface area contributed by atoms with Crippen LogP contribution in [0.15, 0.2) is 84.9 Å². The Morgan fingerprint density at radius 3 is 2.19 bits per heavy atom. The molecule has 4 aromatic rings. The minimum atomic E-state index is -0.0773.